The van der Waals surface area contributed by atoms with Crippen molar-refractivity contribution in [1.82, 2.24) is 0 Å². The summed E-state index contributed by atoms with van der Waals surface area (Å²) < 4.78 is 39.1. The second-order valence-electron chi connectivity index (χ2n) is 3.95. The predicted octanol–water partition coefficient (Wildman–Crippen LogP) is 3.93. The normalized spacial score (nSPS) is 12.4. The summed E-state index contributed by atoms with van der Waals surface area (Å²) in [6, 6.07) is 8.93. The monoisotopic (exact) mass is 284 g/mol. The maximum atomic E-state index is 13.4. The summed E-state index contributed by atoms with van der Waals surface area (Å²) in [6.45, 7) is 0. The van der Waals surface area contributed by atoms with Crippen LogP contribution in [0.5, 0.6) is 0 Å². The van der Waals surface area contributed by atoms with Crippen molar-refractivity contribution in [2.24, 2.45) is 0 Å². The van der Waals surface area contributed by atoms with Gasteiger partial charge in [-0.1, -0.05) is 12.1 Å². The Morgan fingerprint density at radius 2 is 1.74 bits per heavy atom. The highest BCUT2D eigenvalue weighted by Gasteiger charge is 2.14. The lowest BCUT2D eigenvalue weighted by Gasteiger charge is -2.11. The van der Waals surface area contributed by atoms with Gasteiger partial charge in [-0.25, -0.2) is 13.2 Å². The zero-order valence-electron chi connectivity index (χ0n) is 9.82. The highest BCUT2D eigenvalue weighted by molar-refractivity contribution is 7.99. The summed E-state index contributed by atoms with van der Waals surface area (Å²) in [5, 5.41) is 9.85. The molecule has 2 rings (SSSR count). The van der Waals surface area contributed by atoms with Crippen molar-refractivity contribution in [3.8, 4) is 0 Å². The number of aliphatic hydroxyl groups is 1. The first-order chi connectivity index (χ1) is 9.06. The molecule has 2 aromatic rings. The molecule has 0 saturated heterocycles. The standard InChI is InChI=1S/C14H11F3OS/c15-9-2-1-3-11(6-9)19-8-14(18)12-5-4-10(16)7-13(12)17/h1-7,14,18H,8H2. The molecule has 100 valence electrons. The summed E-state index contributed by atoms with van der Waals surface area (Å²) in [5.74, 6) is -1.68. The van der Waals surface area contributed by atoms with Crippen LogP contribution in [0.1, 0.15) is 11.7 Å². The lowest BCUT2D eigenvalue weighted by molar-refractivity contribution is 0.198. The molecule has 0 aromatic heterocycles. The lowest BCUT2D eigenvalue weighted by atomic mass is 10.1. The van der Waals surface area contributed by atoms with E-state index in [1.54, 1.807) is 12.1 Å². The molecule has 1 nitrogen and oxygen atoms in total. The quantitative estimate of drug-likeness (QED) is 0.858. The van der Waals surface area contributed by atoms with Crippen molar-refractivity contribution in [2.45, 2.75) is 11.0 Å². The predicted molar refractivity (Wildman–Crippen MR) is 68.4 cm³/mol. The number of hydrogen-bond donors (Lipinski definition) is 1. The van der Waals surface area contributed by atoms with Gasteiger partial charge in [-0.05, 0) is 24.3 Å². The Hall–Kier alpha value is -1.46. The zero-order chi connectivity index (χ0) is 13.8. The van der Waals surface area contributed by atoms with Crippen molar-refractivity contribution in [3.63, 3.8) is 0 Å². The molecule has 0 amide bonds. The van der Waals surface area contributed by atoms with Crippen LogP contribution < -0.4 is 0 Å². The van der Waals surface area contributed by atoms with Gasteiger partial charge < -0.3 is 5.11 Å². The molecule has 19 heavy (non-hydrogen) atoms. The highest BCUT2D eigenvalue weighted by atomic mass is 32.2. The van der Waals surface area contributed by atoms with Gasteiger partial charge in [0.15, 0.2) is 0 Å². The average molecular weight is 284 g/mol. The first-order valence-electron chi connectivity index (χ1n) is 5.57. The van der Waals surface area contributed by atoms with E-state index in [9.17, 15) is 18.3 Å². The van der Waals surface area contributed by atoms with Crippen molar-refractivity contribution in [3.05, 3.63) is 65.5 Å². The number of thioether (sulfide) groups is 1. The first kappa shape index (κ1) is 14.0. The van der Waals surface area contributed by atoms with Crippen LogP contribution in [-0.4, -0.2) is 10.9 Å². The molecule has 1 N–H and O–H groups in total. The molecule has 0 aliphatic carbocycles. The topological polar surface area (TPSA) is 20.2 Å². The van der Waals surface area contributed by atoms with Crippen LogP contribution in [0.25, 0.3) is 0 Å². The molecule has 0 aliphatic heterocycles. The average Bonchev–Trinajstić information content (AvgIpc) is 2.36. The van der Waals surface area contributed by atoms with E-state index in [0.717, 1.165) is 12.1 Å². The molecule has 5 heteroatoms. The Kier molecular flexibility index (Phi) is 4.50. The van der Waals surface area contributed by atoms with Gasteiger partial charge in [-0.15, -0.1) is 11.8 Å². The van der Waals surface area contributed by atoms with Crippen LogP contribution >= 0.6 is 11.8 Å². The molecular formula is C14H11F3OS. The molecule has 1 unspecified atom stereocenters. The molecule has 0 heterocycles. The van der Waals surface area contributed by atoms with Crippen molar-refractivity contribution in [2.75, 3.05) is 5.75 Å². The minimum absolute atomic E-state index is 0.0327. The van der Waals surface area contributed by atoms with E-state index < -0.39 is 17.7 Å². The third-order valence-electron chi connectivity index (χ3n) is 2.53. The number of hydrogen-bond acceptors (Lipinski definition) is 2. The van der Waals surface area contributed by atoms with Gasteiger partial charge in [0.05, 0.1) is 6.10 Å². The van der Waals surface area contributed by atoms with Crippen LogP contribution in [-0.2, 0) is 0 Å². The van der Waals surface area contributed by atoms with E-state index in [4.69, 9.17) is 0 Å². The van der Waals surface area contributed by atoms with Crippen molar-refractivity contribution in [1.29, 1.82) is 0 Å². The van der Waals surface area contributed by atoms with E-state index in [1.165, 1.54) is 30.0 Å². The minimum atomic E-state index is -1.08. The van der Waals surface area contributed by atoms with Gasteiger partial charge in [0.25, 0.3) is 0 Å². The second-order valence-corrected chi connectivity index (χ2v) is 5.04. The Balaban J connectivity index is 2.03. The van der Waals surface area contributed by atoms with E-state index in [0.29, 0.717) is 4.90 Å². The van der Waals surface area contributed by atoms with Crippen LogP contribution in [0.4, 0.5) is 13.2 Å². The third kappa shape index (κ3) is 3.75. The molecule has 0 radical (unpaired) electrons. The van der Waals surface area contributed by atoms with Crippen LogP contribution in [0.15, 0.2) is 47.4 Å². The summed E-state index contributed by atoms with van der Waals surface area (Å²) in [6.07, 6.45) is -1.08. The highest BCUT2D eigenvalue weighted by Crippen LogP contribution is 2.26. The second kappa shape index (κ2) is 6.12. The molecule has 0 saturated carbocycles. The van der Waals surface area contributed by atoms with E-state index in [-0.39, 0.29) is 17.1 Å². The number of rotatable bonds is 4. The van der Waals surface area contributed by atoms with Crippen molar-refractivity contribution < 1.29 is 18.3 Å². The Bertz CT molecular complexity index is 574. The van der Waals surface area contributed by atoms with Gasteiger partial charge in [-0.2, -0.15) is 0 Å². The smallest absolute Gasteiger partial charge is 0.131 e. The van der Waals surface area contributed by atoms with Gasteiger partial charge in [-0.3, -0.25) is 0 Å². The third-order valence-corrected chi connectivity index (χ3v) is 3.60. The van der Waals surface area contributed by atoms with E-state index in [2.05, 4.69) is 0 Å². The van der Waals surface area contributed by atoms with Crippen molar-refractivity contribution >= 4 is 11.8 Å². The fourth-order valence-corrected chi connectivity index (χ4v) is 2.49. The van der Waals surface area contributed by atoms with Crippen LogP contribution in [0.3, 0.4) is 0 Å². The first-order valence-corrected chi connectivity index (χ1v) is 6.56. The van der Waals surface area contributed by atoms with Gasteiger partial charge >= 0.3 is 0 Å². The zero-order valence-corrected chi connectivity index (χ0v) is 10.6. The molecule has 0 aliphatic rings. The summed E-state index contributed by atoms with van der Waals surface area (Å²) in [4.78, 5) is 0.640. The number of benzene rings is 2. The van der Waals surface area contributed by atoms with Gasteiger partial charge in [0.1, 0.15) is 17.5 Å². The Labute approximate surface area is 113 Å². The van der Waals surface area contributed by atoms with E-state index >= 15 is 0 Å². The molecule has 2 aromatic carbocycles. The molecule has 0 bridgehead atoms. The number of halogens is 3. The summed E-state index contributed by atoms with van der Waals surface area (Å²) in [5.41, 5.74) is 0.0327. The largest absolute Gasteiger partial charge is 0.387 e. The Morgan fingerprint density at radius 3 is 2.42 bits per heavy atom. The SMILES string of the molecule is OC(CSc1cccc(F)c1)c1ccc(F)cc1F. The maximum Gasteiger partial charge on any atom is 0.131 e. The lowest BCUT2D eigenvalue weighted by Crippen LogP contribution is -2.03. The fourth-order valence-electron chi connectivity index (χ4n) is 1.59. The van der Waals surface area contributed by atoms with Crippen LogP contribution in [0.2, 0.25) is 0 Å². The molecule has 0 spiro atoms. The molecule has 0 fully saturated rings. The minimum Gasteiger partial charge on any atom is -0.387 e. The maximum absolute atomic E-state index is 13.4. The van der Waals surface area contributed by atoms with E-state index in [1.807, 2.05) is 0 Å². The summed E-state index contributed by atoms with van der Waals surface area (Å²) >= 11 is 1.20. The van der Waals surface area contributed by atoms with Gasteiger partial charge in [0.2, 0.25) is 0 Å². The summed E-state index contributed by atoms with van der Waals surface area (Å²) in [7, 11) is 0. The molecular weight excluding hydrogens is 273 g/mol. The van der Waals surface area contributed by atoms with Gasteiger partial charge in [0, 0.05) is 22.3 Å². The Morgan fingerprint density at radius 1 is 1.00 bits per heavy atom. The molecule has 1 atom stereocenters. The van der Waals surface area contributed by atoms with Crippen LogP contribution in [0, 0.1) is 17.5 Å². The fraction of sp³-hybridized carbons (Fsp3) is 0.143. The number of aliphatic hydroxyl groups excluding tert-OH is 1.